The van der Waals surface area contributed by atoms with Gasteiger partial charge in [-0.3, -0.25) is 9.69 Å². The first kappa shape index (κ1) is 16.7. The van der Waals surface area contributed by atoms with Crippen LogP contribution in [-0.4, -0.2) is 54.2 Å². The molecule has 6 heteroatoms. The first-order valence-corrected chi connectivity index (χ1v) is 9.73. The number of hydrogen-bond acceptors (Lipinski definition) is 5. The van der Waals surface area contributed by atoms with Crippen LogP contribution in [0, 0.1) is 6.92 Å². The topological polar surface area (TPSA) is 54.5 Å². The lowest BCUT2D eigenvalue weighted by molar-refractivity contribution is -0.0462. The lowest BCUT2D eigenvalue weighted by atomic mass is 10.2. The van der Waals surface area contributed by atoms with Crippen molar-refractivity contribution in [3.63, 3.8) is 0 Å². The van der Waals surface area contributed by atoms with Crippen molar-refractivity contribution in [2.24, 2.45) is 0 Å². The van der Waals surface area contributed by atoms with Crippen LogP contribution in [0.3, 0.4) is 0 Å². The molecule has 2 atom stereocenters. The van der Waals surface area contributed by atoms with E-state index in [1.54, 1.807) is 0 Å². The van der Waals surface area contributed by atoms with E-state index in [1.807, 2.05) is 17.5 Å². The fourth-order valence-electron chi connectivity index (χ4n) is 3.51. The van der Waals surface area contributed by atoms with Crippen molar-refractivity contribution in [1.29, 1.82) is 0 Å². The zero-order chi connectivity index (χ0) is 17.2. The molecule has 4 rings (SSSR count). The number of nitrogens with one attached hydrogen (secondary N) is 1. The van der Waals surface area contributed by atoms with Crippen molar-refractivity contribution >= 4 is 17.2 Å². The third kappa shape index (κ3) is 3.76. The summed E-state index contributed by atoms with van der Waals surface area (Å²) in [6.07, 6.45) is 2.57. The molecule has 132 valence electrons. The molecule has 3 heterocycles. The molecule has 2 fully saturated rings. The molecule has 2 saturated heterocycles. The second kappa shape index (κ2) is 7.23. The number of aromatic nitrogens is 1. The van der Waals surface area contributed by atoms with Crippen molar-refractivity contribution in [1.82, 2.24) is 15.2 Å². The van der Waals surface area contributed by atoms with E-state index in [2.05, 4.69) is 34.3 Å². The van der Waals surface area contributed by atoms with E-state index in [1.165, 1.54) is 29.7 Å². The summed E-state index contributed by atoms with van der Waals surface area (Å²) in [5, 5.41) is 5.67. The van der Waals surface area contributed by atoms with Gasteiger partial charge in [0.25, 0.3) is 5.91 Å². The molecule has 0 bridgehead atoms. The summed E-state index contributed by atoms with van der Waals surface area (Å²) in [7, 11) is 0. The molecule has 2 aliphatic rings. The lowest BCUT2D eigenvalue weighted by Crippen LogP contribution is -2.50. The summed E-state index contributed by atoms with van der Waals surface area (Å²) in [4.78, 5) is 19.3. The molecule has 1 aromatic carbocycles. The molecule has 1 amide bonds. The number of morpholine rings is 1. The summed E-state index contributed by atoms with van der Waals surface area (Å²) < 4.78 is 5.89. The van der Waals surface area contributed by atoms with Gasteiger partial charge in [-0.1, -0.05) is 29.8 Å². The molecule has 0 spiro atoms. The Kier molecular flexibility index (Phi) is 4.83. The van der Waals surface area contributed by atoms with Gasteiger partial charge in [0.2, 0.25) is 0 Å². The minimum atomic E-state index is -0.123. The minimum absolute atomic E-state index is 0.0773. The number of aryl methyl sites for hydroxylation is 1. The maximum absolute atomic E-state index is 12.4. The zero-order valence-electron chi connectivity index (χ0n) is 14.4. The Morgan fingerprint density at radius 3 is 3.08 bits per heavy atom. The Morgan fingerprint density at radius 1 is 1.40 bits per heavy atom. The SMILES string of the molecule is Cc1ccc(-c2nc(C(=O)NC[C@@H]3CN4CCC[C@@H]4CO3)cs2)cc1. The van der Waals surface area contributed by atoms with Gasteiger partial charge in [-0.25, -0.2) is 4.98 Å². The molecule has 0 unspecified atom stereocenters. The van der Waals surface area contributed by atoms with Crippen molar-refractivity contribution in [3.8, 4) is 10.6 Å². The molecular weight excluding hydrogens is 334 g/mol. The Morgan fingerprint density at radius 2 is 2.24 bits per heavy atom. The Balaban J connectivity index is 1.33. The van der Waals surface area contributed by atoms with Crippen LogP contribution in [0.4, 0.5) is 0 Å². The number of carbonyl (C=O) groups is 1. The van der Waals surface area contributed by atoms with Crippen LogP contribution in [0.15, 0.2) is 29.6 Å². The quantitative estimate of drug-likeness (QED) is 0.914. The second-order valence-corrected chi connectivity index (χ2v) is 7.72. The summed E-state index contributed by atoms with van der Waals surface area (Å²) in [5.74, 6) is -0.123. The van der Waals surface area contributed by atoms with E-state index >= 15 is 0 Å². The molecular formula is C19H23N3O2S. The number of rotatable bonds is 4. The van der Waals surface area contributed by atoms with Gasteiger partial charge in [0.15, 0.2) is 0 Å². The van der Waals surface area contributed by atoms with E-state index in [4.69, 9.17) is 4.74 Å². The zero-order valence-corrected chi connectivity index (χ0v) is 15.2. The molecule has 5 nitrogen and oxygen atoms in total. The van der Waals surface area contributed by atoms with Crippen LogP contribution in [0.5, 0.6) is 0 Å². The van der Waals surface area contributed by atoms with E-state index in [0.717, 1.165) is 30.3 Å². The third-order valence-electron chi connectivity index (χ3n) is 4.99. The Bertz CT molecular complexity index is 743. The predicted octanol–water partition coefficient (Wildman–Crippen LogP) is 2.71. The fraction of sp³-hybridized carbons (Fsp3) is 0.474. The van der Waals surface area contributed by atoms with Crippen molar-refractivity contribution in [3.05, 3.63) is 40.9 Å². The first-order valence-electron chi connectivity index (χ1n) is 8.85. The molecule has 25 heavy (non-hydrogen) atoms. The van der Waals surface area contributed by atoms with Gasteiger partial charge in [0.05, 0.1) is 12.7 Å². The average molecular weight is 357 g/mol. The van der Waals surface area contributed by atoms with Crippen LogP contribution >= 0.6 is 11.3 Å². The normalized spacial score (nSPS) is 23.4. The van der Waals surface area contributed by atoms with Gasteiger partial charge in [0.1, 0.15) is 10.7 Å². The summed E-state index contributed by atoms with van der Waals surface area (Å²) in [6, 6.07) is 8.78. The highest BCUT2D eigenvalue weighted by Crippen LogP contribution is 2.24. The molecule has 0 saturated carbocycles. The molecule has 0 aliphatic carbocycles. The minimum Gasteiger partial charge on any atom is -0.373 e. The van der Waals surface area contributed by atoms with Gasteiger partial charge in [-0.05, 0) is 26.3 Å². The molecule has 1 N–H and O–H groups in total. The standard InChI is InChI=1S/C19H23N3O2S/c1-13-4-6-14(7-5-13)19-21-17(12-25-19)18(23)20-9-16-10-22-8-2-3-15(22)11-24-16/h4-7,12,15-16H,2-3,8-11H2,1H3,(H,20,23)/t15-,16-/m1/s1. The first-order chi connectivity index (χ1) is 12.2. The number of hydrogen-bond donors (Lipinski definition) is 1. The summed E-state index contributed by atoms with van der Waals surface area (Å²) in [6.45, 7) is 5.46. The van der Waals surface area contributed by atoms with E-state index in [9.17, 15) is 4.79 Å². The van der Waals surface area contributed by atoms with Crippen LogP contribution in [0.25, 0.3) is 10.6 Å². The number of carbonyl (C=O) groups excluding carboxylic acids is 1. The smallest absolute Gasteiger partial charge is 0.270 e. The number of ether oxygens (including phenoxy) is 1. The summed E-state index contributed by atoms with van der Waals surface area (Å²) >= 11 is 1.50. The van der Waals surface area contributed by atoms with Crippen LogP contribution in [-0.2, 0) is 4.74 Å². The Labute approximate surface area is 152 Å². The van der Waals surface area contributed by atoms with Gasteiger partial charge < -0.3 is 10.1 Å². The van der Waals surface area contributed by atoms with Gasteiger partial charge >= 0.3 is 0 Å². The highest BCUT2D eigenvalue weighted by molar-refractivity contribution is 7.13. The number of thiazole rings is 1. The van der Waals surface area contributed by atoms with Crippen molar-refractivity contribution in [2.75, 3.05) is 26.2 Å². The molecule has 0 radical (unpaired) electrons. The van der Waals surface area contributed by atoms with Gasteiger partial charge in [-0.2, -0.15) is 0 Å². The maximum atomic E-state index is 12.4. The number of nitrogens with zero attached hydrogens (tertiary/aromatic N) is 2. The lowest BCUT2D eigenvalue weighted by Gasteiger charge is -2.35. The highest BCUT2D eigenvalue weighted by atomic mass is 32.1. The predicted molar refractivity (Wildman–Crippen MR) is 99.0 cm³/mol. The second-order valence-electron chi connectivity index (χ2n) is 6.86. The summed E-state index contributed by atoms with van der Waals surface area (Å²) in [5.41, 5.74) is 2.74. The highest BCUT2D eigenvalue weighted by Gasteiger charge is 2.32. The van der Waals surface area contributed by atoms with E-state index in [-0.39, 0.29) is 12.0 Å². The third-order valence-corrected chi connectivity index (χ3v) is 5.88. The van der Waals surface area contributed by atoms with Crippen LogP contribution < -0.4 is 5.32 Å². The molecule has 2 aliphatic heterocycles. The van der Waals surface area contributed by atoms with Gasteiger partial charge in [0, 0.05) is 30.1 Å². The van der Waals surface area contributed by atoms with E-state index in [0.29, 0.717) is 18.3 Å². The number of fused-ring (bicyclic) bond motifs is 1. The van der Waals surface area contributed by atoms with Gasteiger partial charge in [-0.15, -0.1) is 11.3 Å². The maximum Gasteiger partial charge on any atom is 0.270 e. The monoisotopic (exact) mass is 357 g/mol. The fourth-order valence-corrected chi connectivity index (χ4v) is 4.32. The van der Waals surface area contributed by atoms with Crippen LogP contribution in [0.1, 0.15) is 28.9 Å². The number of benzene rings is 1. The van der Waals surface area contributed by atoms with Crippen molar-refractivity contribution in [2.45, 2.75) is 31.9 Å². The van der Waals surface area contributed by atoms with E-state index < -0.39 is 0 Å². The Hall–Kier alpha value is -1.76. The average Bonchev–Trinajstić information content (AvgIpc) is 3.29. The van der Waals surface area contributed by atoms with Crippen LogP contribution in [0.2, 0.25) is 0 Å². The van der Waals surface area contributed by atoms with Crippen molar-refractivity contribution < 1.29 is 9.53 Å². The number of amides is 1. The molecule has 2 aromatic rings. The largest absolute Gasteiger partial charge is 0.373 e. The molecule has 1 aromatic heterocycles.